The van der Waals surface area contributed by atoms with Gasteiger partial charge in [-0.05, 0) is 44.7 Å². The maximum Gasteiger partial charge on any atom is 0.311 e. The monoisotopic (exact) mass is 391 g/mol. The summed E-state index contributed by atoms with van der Waals surface area (Å²) >= 11 is 0. The molecular weight excluding hydrogens is 358 g/mol. The summed E-state index contributed by atoms with van der Waals surface area (Å²) in [5, 5.41) is 3.13. The van der Waals surface area contributed by atoms with Crippen LogP contribution in [0.15, 0.2) is 18.2 Å². The molecule has 0 aliphatic carbocycles. The zero-order chi connectivity index (χ0) is 21.5. The molecule has 0 saturated heterocycles. The molecule has 0 fully saturated rings. The Labute approximate surface area is 168 Å². The third kappa shape index (κ3) is 9.65. The Hall–Kier alpha value is -2.21. The van der Waals surface area contributed by atoms with E-state index < -0.39 is 11.9 Å². The highest BCUT2D eigenvalue weighted by molar-refractivity contribution is 5.98. The summed E-state index contributed by atoms with van der Waals surface area (Å²) in [4.78, 5) is 36.6. The van der Waals surface area contributed by atoms with Gasteiger partial charge in [-0.1, -0.05) is 27.7 Å². The van der Waals surface area contributed by atoms with Gasteiger partial charge in [-0.25, -0.2) is 0 Å². The van der Waals surface area contributed by atoms with Gasteiger partial charge in [0.2, 0.25) is 0 Å². The second-order valence-corrected chi connectivity index (χ2v) is 8.86. The molecule has 1 aromatic rings. The molecular formula is C22H33NO5. The molecule has 0 aliphatic rings. The van der Waals surface area contributed by atoms with Crippen molar-refractivity contribution in [2.24, 2.45) is 11.8 Å². The van der Waals surface area contributed by atoms with Crippen molar-refractivity contribution in [3.05, 3.63) is 23.8 Å². The molecule has 6 heteroatoms. The Morgan fingerprint density at radius 3 is 1.64 bits per heavy atom. The predicted molar refractivity (Wildman–Crippen MR) is 109 cm³/mol. The average molecular weight is 392 g/mol. The van der Waals surface area contributed by atoms with Crippen LogP contribution in [0.25, 0.3) is 0 Å². The quantitative estimate of drug-likeness (QED) is 0.387. The molecule has 1 N–H and O–H groups in total. The van der Waals surface area contributed by atoms with E-state index in [0.29, 0.717) is 5.56 Å². The summed E-state index contributed by atoms with van der Waals surface area (Å²) in [6.45, 7) is 13.7. The molecule has 0 amide bonds. The first-order valence-electron chi connectivity index (χ1n) is 9.70. The van der Waals surface area contributed by atoms with Crippen LogP contribution in [0.2, 0.25) is 0 Å². The van der Waals surface area contributed by atoms with Gasteiger partial charge in [-0.3, -0.25) is 14.4 Å². The molecule has 0 heterocycles. The van der Waals surface area contributed by atoms with Crippen LogP contribution >= 0.6 is 0 Å². The summed E-state index contributed by atoms with van der Waals surface area (Å²) in [7, 11) is 0. The molecule has 0 aromatic heterocycles. The first kappa shape index (κ1) is 23.8. The molecule has 0 aliphatic heterocycles. The zero-order valence-corrected chi connectivity index (χ0v) is 18.0. The molecule has 0 bridgehead atoms. The summed E-state index contributed by atoms with van der Waals surface area (Å²) in [6, 6.07) is 4.47. The highest BCUT2D eigenvalue weighted by Crippen LogP contribution is 2.25. The Morgan fingerprint density at radius 1 is 0.857 bits per heavy atom. The van der Waals surface area contributed by atoms with Crippen molar-refractivity contribution in [2.75, 3.05) is 6.54 Å². The van der Waals surface area contributed by atoms with E-state index in [4.69, 9.17) is 9.47 Å². The predicted octanol–water partition coefficient (Wildman–Crippen LogP) is 4.16. The normalized spacial score (nSPS) is 11.6. The lowest BCUT2D eigenvalue weighted by Crippen LogP contribution is -2.39. The van der Waals surface area contributed by atoms with Crippen LogP contribution in [0, 0.1) is 11.8 Å². The van der Waals surface area contributed by atoms with Gasteiger partial charge in [-0.2, -0.15) is 0 Å². The zero-order valence-electron chi connectivity index (χ0n) is 18.0. The standard InChI is InChI=1S/C22H33NO5/c1-14(2)8-20(25)27-17-10-16(19(24)13-23-22(5,6)7)11-18(12-17)28-21(26)9-15(3)4/h10-12,14-15,23H,8-9,13H2,1-7H3. The fourth-order valence-electron chi connectivity index (χ4n) is 2.31. The van der Waals surface area contributed by atoms with Gasteiger partial charge in [0.15, 0.2) is 5.78 Å². The van der Waals surface area contributed by atoms with E-state index >= 15 is 0 Å². The Kier molecular flexibility index (Phi) is 8.82. The van der Waals surface area contributed by atoms with Crippen molar-refractivity contribution in [1.29, 1.82) is 0 Å². The van der Waals surface area contributed by atoms with Gasteiger partial charge in [0.1, 0.15) is 11.5 Å². The van der Waals surface area contributed by atoms with Gasteiger partial charge in [0.05, 0.1) is 6.54 Å². The number of Topliss-reactive ketones (excluding diaryl/α,β-unsaturated/α-hetero) is 1. The van der Waals surface area contributed by atoms with Crippen LogP contribution in [-0.2, 0) is 9.59 Å². The molecule has 0 unspecified atom stereocenters. The minimum absolute atomic E-state index is 0.117. The molecule has 0 radical (unpaired) electrons. The van der Waals surface area contributed by atoms with Crippen molar-refractivity contribution in [1.82, 2.24) is 5.32 Å². The Balaban J connectivity index is 3.06. The van der Waals surface area contributed by atoms with Crippen LogP contribution in [-0.4, -0.2) is 29.8 Å². The minimum Gasteiger partial charge on any atom is -0.426 e. The Bertz CT molecular complexity index is 659. The second-order valence-electron chi connectivity index (χ2n) is 8.86. The second kappa shape index (κ2) is 10.4. The summed E-state index contributed by atoms with van der Waals surface area (Å²) in [5.41, 5.74) is 0.0998. The van der Waals surface area contributed by atoms with Crippen LogP contribution in [0.4, 0.5) is 0 Å². The fourth-order valence-corrected chi connectivity index (χ4v) is 2.31. The average Bonchev–Trinajstić information content (AvgIpc) is 2.49. The van der Waals surface area contributed by atoms with E-state index in [0.717, 1.165) is 0 Å². The third-order valence-corrected chi connectivity index (χ3v) is 3.59. The number of ketones is 1. The van der Waals surface area contributed by atoms with Crippen LogP contribution < -0.4 is 14.8 Å². The maximum atomic E-state index is 12.6. The molecule has 1 aromatic carbocycles. The Morgan fingerprint density at radius 2 is 1.29 bits per heavy atom. The van der Waals surface area contributed by atoms with E-state index in [-0.39, 0.29) is 54.0 Å². The number of carbonyl (C=O) groups excluding carboxylic acids is 3. The van der Waals surface area contributed by atoms with Gasteiger partial charge in [0.25, 0.3) is 0 Å². The van der Waals surface area contributed by atoms with Gasteiger partial charge >= 0.3 is 11.9 Å². The van der Waals surface area contributed by atoms with Gasteiger partial charge in [-0.15, -0.1) is 0 Å². The van der Waals surface area contributed by atoms with Crippen molar-refractivity contribution in [2.45, 2.75) is 66.8 Å². The first-order valence-corrected chi connectivity index (χ1v) is 9.70. The van der Waals surface area contributed by atoms with Crippen molar-refractivity contribution in [3.8, 4) is 11.5 Å². The number of ether oxygens (including phenoxy) is 2. The molecule has 0 atom stereocenters. The number of hydrogen-bond donors (Lipinski definition) is 1. The summed E-state index contributed by atoms with van der Waals surface area (Å²) in [5.74, 6) is -0.288. The highest BCUT2D eigenvalue weighted by Gasteiger charge is 2.17. The van der Waals surface area contributed by atoms with E-state index in [9.17, 15) is 14.4 Å². The molecule has 6 nitrogen and oxygen atoms in total. The lowest BCUT2D eigenvalue weighted by molar-refractivity contribution is -0.135. The lowest BCUT2D eigenvalue weighted by atomic mass is 10.1. The van der Waals surface area contributed by atoms with Crippen molar-refractivity contribution < 1.29 is 23.9 Å². The molecule has 1 rings (SSSR count). The number of carbonyl (C=O) groups is 3. The topological polar surface area (TPSA) is 81.7 Å². The fraction of sp³-hybridized carbons (Fsp3) is 0.591. The summed E-state index contributed by atoms with van der Waals surface area (Å²) in [6.07, 6.45) is 0.512. The molecule has 28 heavy (non-hydrogen) atoms. The summed E-state index contributed by atoms with van der Waals surface area (Å²) < 4.78 is 10.7. The van der Waals surface area contributed by atoms with Gasteiger partial charge < -0.3 is 14.8 Å². The number of rotatable bonds is 9. The number of esters is 2. The van der Waals surface area contributed by atoms with Crippen molar-refractivity contribution >= 4 is 17.7 Å². The van der Waals surface area contributed by atoms with E-state index in [2.05, 4.69) is 5.32 Å². The largest absolute Gasteiger partial charge is 0.426 e. The number of hydrogen-bond acceptors (Lipinski definition) is 6. The minimum atomic E-state index is -0.396. The van der Waals surface area contributed by atoms with E-state index in [1.165, 1.54) is 18.2 Å². The highest BCUT2D eigenvalue weighted by atomic mass is 16.5. The molecule has 0 saturated carbocycles. The van der Waals surface area contributed by atoms with Crippen molar-refractivity contribution in [3.63, 3.8) is 0 Å². The maximum absolute atomic E-state index is 12.6. The first-order chi connectivity index (χ1) is 12.9. The number of benzene rings is 1. The van der Waals surface area contributed by atoms with Gasteiger partial charge in [0, 0.05) is 30.0 Å². The third-order valence-electron chi connectivity index (χ3n) is 3.59. The molecule has 0 spiro atoms. The number of nitrogens with one attached hydrogen (secondary N) is 1. The van der Waals surface area contributed by atoms with E-state index in [1.54, 1.807) is 0 Å². The van der Waals surface area contributed by atoms with E-state index in [1.807, 2.05) is 48.5 Å². The van der Waals surface area contributed by atoms with Crippen LogP contribution in [0.5, 0.6) is 11.5 Å². The SMILES string of the molecule is CC(C)CC(=O)Oc1cc(OC(=O)CC(C)C)cc(C(=O)CNC(C)(C)C)c1. The van der Waals surface area contributed by atoms with Crippen LogP contribution in [0.3, 0.4) is 0 Å². The van der Waals surface area contributed by atoms with Crippen LogP contribution in [0.1, 0.15) is 71.7 Å². The molecule has 156 valence electrons. The smallest absolute Gasteiger partial charge is 0.311 e. The lowest BCUT2D eigenvalue weighted by Gasteiger charge is -2.20.